The summed E-state index contributed by atoms with van der Waals surface area (Å²) in [6.45, 7) is 0. The summed E-state index contributed by atoms with van der Waals surface area (Å²) in [6.07, 6.45) is 1.38. The fraction of sp³-hybridized carbons (Fsp3) is 0.0345. The molecular weight excluding hydrogens is 550 g/mol. The van der Waals surface area contributed by atoms with Gasteiger partial charge in [0.25, 0.3) is 11.8 Å². The maximum absolute atomic E-state index is 12.7. The Morgan fingerprint density at radius 2 is 1.53 bits per heavy atom. The molecule has 0 saturated carbocycles. The number of carbonyl (C=O) groups is 3. The van der Waals surface area contributed by atoms with E-state index in [1.54, 1.807) is 98.1 Å². The predicted octanol–water partition coefficient (Wildman–Crippen LogP) is 5.69. The van der Waals surface area contributed by atoms with Crippen molar-refractivity contribution in [3.05, 3.63) is 124 Å². The average Bonchev–Trinajstić information content (AvgIpc) is 2.95. The van der Waals surface area contributed by atoms with Crippen molar-refractivity contribution in [1.82, 2.24) is 5.43 Å². The summed E-state index contributed by atoms with van der Waals surface area (Å²) in [5.74, 6) is -0.399. The van der Waals surface area contributed by atoms with Crippen molar-refractivity contribution >= 4 is 45.6 Å². The van der Waals surface area contributed by atoms with Crippen molar-refractivity contribution in [3.63, 3.8) is 0 Å². The van der Waals surface area contributed by atoms with Gasteiger partial charge in [0.05, 0.1) is 18.9 Å². The van der Waals surface area contributed by atoms with E-state index in [9.17, 15) is 14.4 Å². The molecule has 4 aromatic carbocycles. The van der Waals surface area contributed by atoms with E-state index in [1.807, 2.05) is 6.07 Å². The summed E-state index contributed by atoms with van der Waals surface area (Å²) < 4.78 is 11.4. The van der Waals surface area contributed by atoms with E-state index in [1.165, 1.54) is 6.21 Å². The number of nitrogens with zero attached hydrogens (tertiary/aromatic N) is 1. The van der Waals surface area contributed by atoms with Gasteiger partial charge in [0, 0.05) is 26.9 Å². The normalized spacial score (nSPS) is 10.6. The van der Waals surface area contributed by atoms with E-state index in [-0.39, 0.29) is 11.7 Å². The van der Waals surface area contributed by atoms with Gasteiger partial charge in [-0.15, -0.1) is 0 Å². The fourth-order valence-corrected chi connectivity index (χ4v) is 3.73. The Kier molecular flexibility index (Phi) is 8.63. The Morgan fingerprint density at radius 3 is 2.26 bits per heavy atom. The Hall–Kier alpha value is -4.76. The van der Waals surface area contributed by atoms with E-state index >= 15 is 0 Å². The number of ether oxygens (including phenoxy) is 2. The topological polar surface area (TPSA) is 106 Å². The average molecular weight is 572 g/mol. The molecule has 2 N–H and O–H groups in total. The summed E-state index contributed by atoms with van der Waals surface area (Å²) in [5.41, 5.74) is 4.52. The molecule has 2 amide bonds. The molecule has 0 heterocycles. The Labute approximate surface area is 227 Å². The van der Waals surface area contributed by atoms with Crippen molar-refractivity contribution in [2.75, 3.05) is 12.4 Å². The van der Waals surface area contributed by atoms with Crippen LogP contribution in [-0.4, -0.2) is 31.1 Å². The first-order valence-corrected chi connectivity index (χ1v) is 12.2. The van der Waals surface area contributed by atoms with Crippen LogP contribution in [0.2, 0.25) is 0 Å². The highest BCUT2D eigenvalue weighted by Gasteiger charge is 2.12. The number of rotatable bonds is 8. The van der Waals surface area contributed by atoms with Gasteiger partial charge in [-0.1, -0.05) is 40.2 Å². The highest BCUT2D eigenvalue weighted by atomic mass is 79.9. The number of amides is 2. The first-order valence-electron chi connectivity index (χ1n) is 11.4. The zero-order valence-electron chi connectivity index (χ0n) is 20.2. The van der Waals surface area contributed by atoms with E-state index in [2.05, 4.69) is 31.8 Å². The van der Waals surface area contributed by atoms with Gasteiger partial charge >= 0.3 is 5.97 Å². The second-order valence-electron chi connectivity index (χ2n) is 7.90. The molecule has 190 valence electrons. The smallest absolute Gasteiger partial charge is 0.343 e. The second kappa shape index (κ2) is 12.5. The largest absolute Gasteiger partial charge is 0.497 e. The minimum Gasteiger partial charge on any atom is -0.497 e. The van der Waals surface area contributed by atoms with Crippen molar-refractivity contribution in [1.29, 1.82) is 0 Å². The number of hydrogen-bond acceptors (Lipinski definition) is 6. The van der Waals surface area contributed by atoms with Crippen LogP contribution in [-0.2, 0) is 0 Å². The number of esters is 1. The first kappa shape index (κ1) is 26.3. The van der Waals surface area contributed by atoms with Gasteiger partial charge in [-0.2, -0.15) is 5.10 Å². The highest BCUT2D eigenvalue weighted by molar-refractivity contribution is 9.10. The molecular formula is C29H22BrN3O5. The molecule has 0 saturated heterocycles. The number of anilines is 1. The van der Waals surface area contributed by atoms with Crippen molar-refractivity contribution in [2.45, 2.75) is 0 Å². The molecule has 0 radical (unpaired) electrons. The number of halogens is 1. The summed E-state index contributed by atoms with van der Waals surface area (Å²) in [7, 11) is 1.55. The molecule has 9 heteroatoms. The van der Waals surface area contributed by atoms with Gasteiger partial charge in [0.2, 0.25) is 0 Å². The third kappa shape index (κ3) is 6.92. The fourth-order valence-electron chi connectivity index (χ4n) is 3.36. The van der Waals surface area contributed by atoms with Crippen LogP contribution in [0.1, 0.15) is 36.6 Å². The number of carbonyl (C=O) groups excluding carboxylic acids is 3. The quantitative estimate of drug-likeness (QED) is 0.122. The number of nitrogens with one attached hydrogen (secondary N) is 2. The van der Waals surface area contributed by atoms with Crippen molar-refractivity contribution < 1.29 is 23.9 Å². The van der Waals surface area contributed by atoms with E-state index < -0.39 is 11.9 Å². The van der Waals surface area contributed by atoms with E-state index in [4.69, 9.17) is 9.47 Å². The van der Waals surface area contributed by atoms with Gasteiger partial charge in [0.1, 0.15) is 11.5 Å². The lowest BCUT2D eigenvalue weighted by Crippen LogP contribution is -2.18. The maximum Gasteiger partial charge on any atom is 0.343 e. The van der Waals surface area contributed by atoms with Gasteiger partial charge in [-0.05, 0) is 72.8 Å². The van der Waals surface area contributed by atoms with Gasteiger partial charge in [0.15, 0.2) is 0 Å². The molecule has 0 aliphatic rings. The Morgan fingerprint density at radius 1 is 0.789 bits per heavy atom. The zero-order chi connectivity index (χ0) is 26.9. The Balaban J connectivity index is 1.41. The molecule has 4 aromatic rings. The molecule has 0 spiro atoms. The zero-order valence-corrected chi connectivity index (χ0v) is 21.8. The van der Waals surface area contributed by atoms with Gasteiger partial charge in [-0.25, -0.2) is 10.2 Å². The summed E-state index contributed by atoms with van der Waals surface area (Å²) in [5, 5.41) is 6.78. The molecule has 0 atom stereocenters. The first-order chi connectivity index (χ1) is 18.4. The molecule has 38 heavy (non-hydrogen) atoms. The predicted molar refractivity (Wildman–Crippen MR) is 148 cm³/mol. The van der Waals surface area contributed by atoms with Gasteiger partial charge < -0.3 is 14.8 Å². The molecule has 4 rings (SSSR count). The summed E-state index contributed by atoms with van der Waals surface area (Å²) in [4.78, 5) is 37.7. The standard InChI is InChI=1S/C29H22BrN3O5/c1-37-25-13-10-19(11-14-25)27(34)32-24-9-5-8-21(17-24)28(35)33-31-18-22-16-23(30)12-15-26(22)38-29(36)20-6-3-2-4-7-20/h2-18H,1H3,(H,32,34)(H,33,35). The summed E-state index contributed by atoms with van der Waals surface area (Å²) >= 11 is 3.39. The highest BCUT2D eigenvalue weighted by Crippen LogP contribution is 2.23. The molecule has 0 aliphatic heterocycles. The van der Waals surface area contributed by atoms with Crippen LogP contribution >= 0.6 is 15.9 Å². The van der Waals surface area contributed by atoms with Gasteiger partial charge in [-0.3, -0.25) is 9.59 Å². The second-order valence-corrected chi connectivity index (χ2v) is 8.82. The third-order valence-electron chi connectivity index (χ3n) is 5.29. The Bertz CT molecular complexity index is 1490. The minimum absolute atomic E-state index is 0.281. The molecule has 0 fully saturated rings. The number of hydrogen-bond donors (Lipinski definition) is 2. The van der Waals surface area contributed by atoms with Crippen LogP contribution < -0.4 is 20.2 Å². The van der Waals surface area contributed by atoms with Crippen LogP contribution in [0.4, 0.5) is 5.69 Å². The van der Waals surface area contributed by atoms with Crippen molar-refractivity contribution in [3.8, 4) is 11.5 Å². The molecule has 0 unspecified atom stereocenters. The number of benzene rings is 4. The number of hydrazone groups is 1. The van der Waals surface area contributed by atoms with E-state index in [0.717, 1.165) is 4.47 Å². The molecule has 8 nitrogen and oxygen atoms in total. The van der Waals surface area contributed by atoms with Crippen LogP contribution in [0.3, 0.4) is 0 Å². The molecule has 0 aromatic heterocycles. The lowest BCUT2D eigenvalue weighted by Gasteiger charge is -2.09. The van der Waals surface area contributed by atoms with Crippen LogP contribution in [0.15, 0.2) is 107 Å². The number of methoxy groups -OCH3 is 1. The van der Waals surface area contributed by atoms with Crippen LogP contribution in [0.5, 0.6) is 11.5 Å². The SMILES string of the molecule is COc1ccc(C(=O)Nc2cccc(C(=O)NN=Cc3cc(Br)ccc3OC(=O)c3ccccc3)c2)cc1. The summed E-state index contributed by atoms with van der Waals surface area (Å²) in [6, 6.07) is 26.8. The van der Waals surface area contributed by atoms with Crippen molar-refractivity contribution in [2.24, 2.45) is 5.10 Å². The van der Waals surface area contributed by atoms with E-state index in [0.29, 0.717) is 33.7 Å². The monoisotopic (exact) mass is 571 g/mol. The minimum atomic E-state index is -0.514. The van der Waals surface area contributed by atoms with Crippen LogP contribution in [0.25, 0.3) is 0 Å². The molecule has 0 aliphatic carbocycles. The lowest BCUT2D eigenvalue weighted by atomic mass is 10.1. The third-order valence-corrected chi connectivity index (χ3v) is 5.78. The van der Waals surface area contributed by atoms with Crippen LogP contribution in [0, 0.1) is 0 Å². The lowest BCUT2D eigenvalue weighted by molar-refractivity contribution is 0.0734. The maximum atomic E-state index is 12.7. The molecule has 0 bridgehead atoms.